The van der Waals surface area contributed by atoms with Crippen molar-refractivity contribution in [3.05, 3.63) is 35.5 Å². The lowest BCUT2D eigenvalue weighted by Crippen LogP contribution is -2.36. The lowest BCUT2D eigenvalue weighted by molar-refractivity contribution is -0.164. The second-order valence-corrected chi connectivity index (χ2v) is 7.32. The van der Waals surface area contributed by atoms with Crippen molar-refractivity contribution in [2.75, 3.05) is 24.7 Å². The Kier molecular flexibility index (Phi) is 5.38. The molecule has 5 nitrogen and oxygen atoms in total. The van der Waals surface area contributed by atoms with Gasteiger partial charge in [0.05, 0.1) is 30.5 Å². The third-order valence-electron chi connectivity index (χ3n) is 5.60. The van der Waals surface area contributed by atoms with Gasteiger partial charge in [-0.25, -0.2) is 0 Å². The number of nitrogens with zero attached hydrogens (tertiary/aromatic N) is 2. The predicted octanol–water partition coefficient (Wildman–Crippen LogP) is 3.55. The molecular weight excluding hydrogens is 328 g/mol. The minimum absolute atomic E-state index is 0.00874. The zero-order chi connectivity index (χ0) is 17.9. The molecule has 2 aliphatic heterocycles. The minimum atomic E-state index is -0.0561. The molecule has 2 saturated heterocycles. The molecule has 1 N–H and O–H groups in total. The van der Waals surface area contributed by atoms with Crippen molar-refractivity contribution in [2.45, 2.75) is 58.0 Å². The first-order chi connectivity index (χ1) is 12.8. The van der Waals surface area contributed by atoms with E-state index in [1.165, 1.54) is 6.42 Å². The molecule has 1 aromatic carbocycles. The molecule has 1 aromatic heterocycles. The van der Waals surface area contributed by atoms with Gasteiger partial charge in [-0.15, -0.1) is 0 Å². The average Bonchev–Trinajstić information content (AvgIpc) is 3.14. The zero-order valence-corrected chi connectivity index (χ0v) is 15.5. The fourth-order valence-electron chi connectivity index (χ4n) is 4.24. The Morgan fingerprint density at radius 2 is 2.12 bits per heavy atom. The highest BCUT2D eigenvalue weighted by Crippen LogP contribution is 2.36. The molecule has 0 bridgehead atoms. The Bertz CT molecular complexity index is 758. The molecule has 26 heavy (non-hydrogen) atoms. The van der Waals surface area contributed by atoms with Crippen LogP contribution in [0, 0.1) is 6.92 Å². The first-order valence-electron chi connectivity index (χ1n) is 9.77. The van der Waals surface area contributed by atoms with Crippen LogP contribution < -0.4 is 4.90 Å². The Balaban J connectivity index is 1.62. The molecule has 2 aliphatic rings. The molecule has 0 saturated carbocycles. The number of hydrogen-bond acceptors (Lipinski definition) is 5. The highest BCUT2D eigenvalue weighted by molar-refractivity contribution is 5.94. The van der Waals surface area contributed by atoms with Crippen molar-refractivity contribution < 1.29 is 14.6 Å². The highest BCUT2D eigenvalue weighted by atomic mass is 16.7. The van der Waals surface area contributed by atoms with E-state index in [2.05, 4.69) is 16.0 Å². The fraction of sp³-hybridized carbons (Fsp3) is 0.571. The maximum atomic E-state index is 10.0. The van der Waals surface area contributed by atoms with E-state index in [9.17, 15) is 5.11 Å². The van der Waals surface area contributed by atoms with Crippen LogP contribution in [0.4, 0.5) is 5.69 Å². The number of aliphatic hydroxyl groups excluding tert-OH is 1. The summed E-state index contributed by atoms with van der Waals surface area (Å²) in [4.78, 5) is 7.11. The molecule has 2 fully saturated rings. The molecule has 2 atom stereocenters. The SMILES string of the molecule is Cc1nc2ccccc2c(N2CCCC2CO[C@H]2CCCCO2)c1CO. The van der Waals surface area contributed by atoms with Crippen molar-refractivity contribution in [1.82, 2.24) is 4.98 Å². The van der Waals surface area contributed by atoms with Crippen LogP contribution in [-0.4, -0.2) is 42.2 Å². The number of hydrogen-bond donors (Lipinski definition) is 1. The Labute approximate surface area is 154 Å². The van der Waals surface area contributed by atoms with Gasteiger partial charge in [-0.2, -0.15) is 0 Å². The Morgan fingerprint density at radius 3 is 2.92 bits per heavy atom. The topological polar surface area (TPSA) is 54.8 Å². The summed E-state index contributed by atoms with van der Waals surface area (Å²) in [7, 11) is 0. The van der Waals surface area contributed by atoms with Crippen molar-refractivity contribution in [3.8, 4) is 0 Å². The normalized spacial score (nSPS) is 23.7. The fourth-order valence-corrected chi connectivity index (χ4v) is 4.24. The molecule has 4 rings (SSSR count). The number of rotatable bonds is 5. The summed E-state index contributed by atoms with van der Waals surface area (Å²) < 4.78 is 11.8. The minimum Gasteiger partial charge on any atom is -0.392 e. The van der Waals surface area contributed by atoms with E-state index in [0.29, 0.717) is 12.6 Å². The number of benzene rings is 1. The van der Waals surface area contributed by atoms with Crippen LogP contribution in [0.3, 0.4) is 0 Å². The van der Waals surface area contributed by atoms with Gasteiger partial charge < -0.3 is 19.5 Å². The van der Waals surface area contributed by atoms with Gasteiger partial charge >= 0.3 is 0 Å². The molecule has 140 valence electrons. The van der Waals surface area contributed by atoms with E-state index < -0.39 is 0 Å². The van der Waals surface area contributed by atoms with Crippen LogP contribution in [0.2, 0.25) is 0 Å². The molecule has 1 unspecified atom stereocenters. The second-order valence-electron chi connectivity index (χ2n) is 7.32. The number of fused-ring (bicyclic) bond motifs is 1. The maximum absolute atomic E-state index is 10.0. The van der Waals surface area contributed by atoms with Crippen LogP contribution in [0.25, 0.3) is 10.9 Å². The third kappa shape index (κ3) is 3.43. The van der Waals surface area contributed by atoms with Gasteiger partial charge in [0, 0.05) is 29.8 Å². The smallest absolute Gasteiger partial charge is 0.157 e. The Morgan fingerprint density at radius 1 is 1.23 bits per heavy atom. The van der Waals surface area contributed by atoms with E-state index in [1.54, 1.807) is 0 Å². The number of aliphatic hydroxyl groups is 1. The standard InChI is InChI=1S/C21H28N2O3/c1-15-18(13-24)21(17-8-2-3-9-19(17)22-15)23-11-6-7-16(23)14-26-20-10-4-5-12-25-20/h2-3,8-9,16,20,24H,4-7,10-14H2,1H3/t16?,20-/m0/s1. The summed E-state index contributed by atoms with van der Waals surface area (Å²) in [6, 6.07) is 8.53. The molecular formula is C21H28N2O3. The van der Waals surface area contributed by atoms with Crippen LogP contribution in [0.15, 0.2) is 24.3 Å². The lowest BCUT2D eigenvalue weighted by Gasteiger charge is -2.32. The monoisotopic (exact) mass is 356 g/mol. The van der Waals surface area contributed by atoms with Gasteiger partial charge in [-0.05, 0) is 45.1 Å². The van der Waals surface area contributed by atoms with Gasteiger partial charge in [0.25, 0.3) is 0 Å². The zero-order valence-electron chi connectivity index (χ0n) is 15.5. The first kappa shape index (κ1) is 17.7. The quantitative estimate of drug-likeness (QED) is 0.888. The summed E-state index contributed by atoms with van der Waals surface area (Å²) in [5.74, 6) is 0. The number of aryl methyl sites for hydroxylation is 1. The van der Waals surface area contributed by atoms with E-state index >= 15 is 0 Å². The van der Waals surface area contributed by atoms with Crippen LogP contribution in [-0.2, 0) is 16.1 Å². The van der Waals surface area contributed by atoms with Crippen molar-refractivity contribution in [2.24, 2.45) is 0 Å². The number of para-hydroxylation sites is 1. The predicted molar refractivity (Wildman–Crippen MR) is 102 cm³/mol. The number of pyridine rings is 1. The number of aromatic nitrogens is 1. The average molecular weight is 356 g/mol. The van der Waals surface area contributed by atoms with Gasteiger partial charge in [0.2, 0.25) is 0 Å². The molecule has 0 radical (unpaired) electrons. The third-order valence-corrected chi connectivity index (χ3v) is 5.60. The molecule has 0 amide bonds. The highest BCUT2D eigenvalue weighted by Gasteiger charge is 2.30. The van der Waals surface area contributed by atoms with Crippen LogP contribution >= 0.6 is 0 Å². The maximum Gasteiger partial charge on any atom is 0.157 e. The van der Waals surface area contributed by atoms with E-state index in [1.807, 2.05) is 25.1 Å². The number of ether oxygens (including phenoxy) is 2. The summed E-state index contributed by atoms with van der Waals surface area (Å²) in [5.41, 5.74) is 3.96. The Hall–Kier alpha value is -1.69. The largest absolute Gasteiger partial charge is 0.392 e. The van der Waals surface area contributed by atoms with Gasteiger partial charge in [-0.3, -0.25) is 4.98 Å². The lowest BCUT2D eigenvalue weighted by atomic mass is 10.0. The van der Waals surface area contributed by atoms with E-state index in [0.717, 1.165) is 66.7 Å². The van der Waals surface area contributed by atoms with Crippen molar-refractivity contribution >= 4 is 16.6 Å². The summed E-state index contributed by atoms with van der Waals surface area (Å²) in [6.45, 7) is 4.46. The summed E-state index contributed by atoms with van der Waals surface area (Å²) in [5, 5.41) is 11.1. The number of anilines is 1. The van der Waals surface area contributed by atoms with E-state index in [-0.39, 0.29) is 12.9 Å². The first-order valence-corrected chi connectivity index (χ1v) is 9.77. The van der Waals surface area contributed by atoms with Crippen molar-refractivity contribution in [1.29, 1.82) is 0 Å². The molecule has 0 aliphatic carbocycles. The van der Waals surface area contributed by atoms with Crippen LogP contribution in [0.5, 0.6) is 0 Å². The molecule has 5 heteroatoms. The van der Waals surface area contributed by atoms with E-state index in [4.69, 9.17) is 9.47 Å². The molecule has 3 heterocycles. The summed E-state index contributed by atoms with van der Waals surface area (Å²) >= 11 is 0. The van der Waals surface area contributed by atoms with Gasteiger partial charge in [-0.1, -0.05) is 18.2 Å². The van der Waals surface area contributed by atoms with Gasteiger partial charge in [0.15, 0.2) is 6.29 Å². The van der Waals surface area contributed by atoms with Gasteiger partial charge in [0.1, 0.15) is 0 Å². The second kappa shape index (κ2) is 7.91. The summed E-state index contributed by atoms with van der Waals surface area (Å²) in [6.07, 6.45) is 5.50. The molecule has 0 spiro atoms. The van der Waals surface area contributed by atoms with Crippen LogP contribution in [0.1, 0.15) is 43.4 Å². The van der Waals surface area contributed by atoms with Crippen molar-refractivity contribution in [3.63, 3.8) is 0 Å². The molecule has 2 aromatic rings.